The van der Waals surface area contributed by atoms with E-state index < -0.39 is 11.6 Å². The minimum absolute atomic E-state index is 0.0668. The van der Waals surface area contributed by atoms with Gasteiger partial charge in [-0.2, -0.15) is 0 Å². The summed E-state index contributed by atoms with van der Waals surface area (Å²) < 4.78 is 35.2. The number of pyridine rings is 1. The topological polar surface area (TPSA) is 22.1 Å². The zero-order valence-corrected chi connectivity index (χ0v) is 17.8. The predicted molar refractivity (Wildman–Crippen MR) is 115 cm³/mol. The van der Waals surface area contributed by atoms with Gasteiger partial charge in [0.1, 0.15) is 11.6 Å². The van der Waals surface area contributed by atoms with Crippen molar-refractivity contribution in [3.63, 3.8) is 0 Å². The molecule has 1 aromatic heterocycles. The van der Waals surface area contributed by atoms with Crippen molar-refractivity contribution in [1.29, 1.82) is 0 Å². The Balaban J connectivity index is 1.78. The van der Waals surface area contributed by atoms with E-state index in [1.54, 1.807) is 25.4 Å². The van der Waals surface area contributed by atoms with Crippen molar-refractivity contribution in [3.8, 4) is 11.3 Å². The summed E-state index contributed by atoms with van der Waals surface area (Å²) in [6.45, 7) is 6.43. The van der Waals surface area contributed by atoms with Gasteiger partial charge in [0.15, 0.2) is 0 Å². The minimum atomic E-state index is -0.578. The van der Waals surface area contributed by atoms with Gasteiger partial charge < -0.3 is 4.74 Å². The first-order valence-corrected chi connectivity index (χ1v) is 10.4. The highest BCUT2D eigenvalue weighted by molar-refractivity contribution is 5.65. The maximum Gasteiger partial charge on any atom is 0.135 e. The van der Waals surface area contributed by atoms with E-state index >= 15 is 0 Å². The maximum atomic E-state index is 14.9. The summed E-state index contributed by atoms with van der Waals surface area (Å²) in [5.74, 6) is -1.15. The highest BCUT2D eigenvalue weighted by Gasteiger charge is 2.48. The van der Waals surface area contributed by atoms with Crippen LogP contribution >= 0.6 is 0 Å². The molecule has 4 rings (SSSR count). The Hall–Kier alpha value is -2.59. The van der Waals surface area contributed by atoms with Gasteiger partial charge in [-0.3, -0.25) is 4.98 Å². The molecule has 1 heterocycles. The lowest BCUT2D eigenvalue weighted by Gasteiger charge is -2.40. The molecule has 0 spiro atoms. The Morgan fingerprint density at radius 2 is 1.80 bits per heavy atom. The normalized spacial score (nSPS) is 22.5. The van der Waals surface area contributed by atoms with Crippen LogP contribution < -0.4 is 0 Å². The van der Waals surface area contributed by atoms with Crippen molar-refractivity contribution < 1.29 is 13.5 Å². The molecule has 2 aromatic carbocycles. The van der Waals surface area contributed by atoms with Crippen molar-refractivity contribution >= 4 is 0 Å². The van der Waals surface area contributed by atoms with Crippen molar-refractivity contribution in [2.45, 2.75) is 39.2 Å². The molecule has 0 aliphatic heterocycles. The molecule has 3 aromatic rings. The third kappa shape index (κ3) is 3.33. The summed E-state index contributed by atoms with van der Waals surface area (Å²) in [6.07, 6.45) is 2.43. The fourth-order valence-corrected chi connectivity index (χ4v) is 5.18. The molecule has 0 saturated carbocycles. The first-order chi connectivity index (χ1) is 14.4. The van der Waals surface area contributed by atoms with Crippen LogP contribution in [0.25, 0.3) is 11.3 Å². The monoisotopic (exact) mass is 407 g/mol. The van der Waals surface area contributed by atoms with Gasteiger partial charge in [-0.1, -0.05) is 51.1 Å². The smallest absolute Gasteiger partial charge is 0.135 e. The Morgan fingerprint density at radius 3 is 2.50 bits per heavy atom. The lowest BCUT2D eigenvalue weighted by Crippen LogP contribution is -2.34. The fourth-order valence-electron chi connectivity index (χ4n) is 5.18. The van der Waals surface area contributed by atoms with Crippen LogP contribution in [0.1, 0.15) is 49.5 Å². The molecule has 30 heavy (non-hydrogen) atoms. The second-order valence-corrected chi connectivity index (χ2v) is 8.64. The molecular formula is C26H27F2NO. The number of benzene rings is 2. The SMILES string of the molecule is CO[C@@H]1c2ccccc2C[C@]1(C)C(C)C(C)c1cc(F)cc(F)c1-c1ccccn1. The molecule has 0 radical (unpaired) electrons. The fraction of sp³-hybridized carbons (Fsp3) is 0.346. The van der Waals surface area contributed by atoms with E-state index in [9.17, 15) is 8.78 Å². The molecule has 1 aliphatic rings. The largest absolute Gasteiger partial charge is 0.376 e. The van der Waals surface area contributed by atoms with Gasteiger partial charge in [-0.25, -0.2) is 8.78 Å². The van der Waals surface area contributed by atoms with Gasteiger partial charge in [0.2, 0.25) is 0 Å². The zero-order chi connectivity index (χ0) is 21.5. The third-order valence-electron chi connectivity index (χ3n) is 7.03. The number of methoxy groups -OCH3 is 1. The minimum Gasteiger partial charge on any atom is -0.376 e. The van der Waals surface area contributed by atoms with Crippen LogP contribution in [-0.2, 0) is 11.2 Å². The van der Waals surface area contributed by atoms with E-state index in [0.29, 0.717) is 16.8 Å². The zero-order valence-electron chi connectivity index (χ0n) is 17.8. The van der Waals surface area contributed by atoms with Crippen LogP contribution in [-0.4, -0.2) is 12.1 Å². The number of rotatable bonds is 5. The van der Waals surface area contributed by atoms with E-state index in [1.807, 2.05) is 25.1 Å². The number of ether oxygens (including phenoxy) is 1. The van der Waals surface area contributed by atoms with Crippen molar-refractivity contribution in [2.24, 2.45) is 11.3 Å². The van der Waals surface area contributed by atoms with E-state index in [4.69, 9.17) is 4.74 Å². The average molecular weight is 408 g/mol. The van der Waals surface area contributed by atoms with Crippen LogP contribution in [0.5, 0.6) is 0 Å². The Labute approximate surface area is 176 Å². The molecule has 0 bridgehead atoms. The third-order valence-corrected chi connectivity index (χ3v) is 7.03. The number of fused-ring (bicyclic) bond motifs is 1. The highest BCUT2D eigenvalue weighted by atomic mass is 19.1. The first-order valence-electron chi connectivity index (χ1n) is 10.4. The van der Waals surface area contributed by atoms with E-state index in [-0.39, 0.29) is 23.4 Å². The molecule has 4 heteroatoms. The molecule has 2 nitrogen and oxygen atoms in total. The van der Waals surface area contributed by atoms with Gasteiger partial charge in [-0.05, 0) is 53.1 Å². The Kier molecular flexibility index (Phi) is 5.46. The summed E-state index contributed by atoms with van der Waals surface area (Å²) >= 11 is 0. The Bertz CT molecular complexity index is 1050. The second-order valence-electron chi connectivity index (χ2n) is 8.64. The molecule has 0 saturated heterocycles. The van der Waals surface area contributed by atoms with Crippen molar-refractivity contribution in [1.82, 2.24) is 4.98 Å². The average Bonchev–Trinajstić information content (AvgIpc) is 3.04. The predicted octanol–water partition coefficient (Wildman–Crippen LogP) is 6.72. The van der Waals surface area contributed by atoms with Crippen LogP contribution in [0.15, 0.2) is 60.8 Å². The summed E-state index contributed by atoms with van der Waals surface area (Å²) in [5, 5.41) is 0. The van der Waals surface area contributed by atoms with Gasteiger partial charge >= 0.3 is 0 Å². The quantitative estimate of drug-likeness (QED) is 0.468. The molecular weight excluding hydrogens is 380 g/mol. The lowest BCUT2D eigenvalue weighted by molar-refractivity contribution is -0.0285. The number of aromatic nitrogens is 1. The number of hydrogen-bond donors (Lipinski definition) is 0. The molecule has 4 atom stereocenters. The van der Waals surface area contributed by atoms with Crippen molar-refractivity contribution in [2.75, 3.05) is 7.11 Å². The summed E-state index contributed by atoms with van der Waals surface area (Å²) in [6, 6.07) is 16.1. The van der Waals surface area contributed by atoms with E-state index in [0.717, 1.165) is 12.5 Å². The number of nitrogens with zero attached hydrogens (tertiary/aromatic N) is 1. The second kappa shape index (κ2) is 7.92. The molecule has 156 valence electrons. The standard InChI is InChI=1S/C26H27F2NO/c1-16(17(2)26(3)15-18-9-5-6-10-20(18)25(26)30-4)21-13-19(27)14-22(28)24(21)23-11-7-8-12-29-23/h5-14,16-17,25H,15H2,1-4H3/t16?,17?,25-,26-/m1/s1. The van der Waals surface area contributed by atoms with E-state index in [2.05, 4.69) is 31.0 Å². The molecule has 2 unspecified atom stereocenters. The van der Waals surface area contributed by atoms with Crippen LogP contribution in [0, 0.1) is 23.0 Å². The van der Waals surface area contributed by atoms with Crippen LogP contribution in [0.2, 0.25) is 0 Å². The molecule has 0 fully saturated rings. The Morgan fingerprint density at radius 1 is 1.07 bits per heavy atom. The van der Waals surface area contributed by atoms with Gasteiger partial charge in [-0.15, -0.1) is 0 Å². The van der Waals surface area contributed by atoms with Crippen LogP contribution in [0.3, 0.4) is 0 Å². The summed E-state index contributed by atoms with van der Waals surface area (Å²) in [7, 11) is 1.74. The van der Waals surface area contributed by atoms with Crippen LogP contribution in [0.4, 0.5) is 8.78 Å². The maximum absolute atomic E-state index is 14.9. The molecule has 0 amide bonds. The lowest BCUT2D eigenvalue weighted by atomic mass is 9.66. The van der Waals surface area contributed by atoms with Gasteiger partial charge in [0.25, 0.3) is 0 Å². The first kappa shape index (κ1) is 20.7. The number of halogens is 2. The van der Waals surface area contributed by atoms with Gasteiger partial charge in [0, 0.05) is 30.4 Å². The molecule has 0 N–H and O–H groups in total. The van der Waals surface area contributed by atoms with E-state index in [1.165, 1.54) is 17.2 Å². The van der Waals surface area contributed by atoms with Gasteiger partial charge in [0.05, 0.1) is 11.8 Å². The van der Waals surface area contributed by atoms with Crippen molar-refractivity contribution in [3.05, 3.63) is 89.1 Å². The summed E-state index contributed by atoms with van der Waals surface area (Å²) in [4.78, 5) is 4.33. The highest BCUT2D eigenvalue weighted by Crippen LogP contribution is 2.55. The molecule has 1 aliphatic carbocycles. The number of hydrogen-bond acceptors (Lipinski definition) is 2. The summed E-state index contributed by atoms with van der Waals surface area (Å²) in [5.41, 5.74) is 3.82.